The Hall–Kier alpha value is -2.96. The van der Waals surface area contributed by atoms with E-state index >= 15 is 0 Å². The lowest BCUT2D eigenvalue weighted by atomic mass is 10.1. The summed E-state index contributed by atoms with van der Waals surface area (Å²) in [6.45, 7) is 2.13. The van der Waals surface area contributed by atoms with Crippen molar-refractivity contribution in [3.8, 4) is 0 Å². The van der Waals surface area contributed by atoms with Gasteiger partial charge in [0.25, 0.3) is 5.91 Å². The molecule has 0 bridgehead atoms. The van der Waals surface area contributed by atoms with Crippen molar-refractivity contribution in [3.05, 3.63) is 94.5 Å². The van der Waals surface area contributed by atoms with Gasteiger partial charge in [-0.05, 0) is 48.9 Å². The highest BCUT2D eigenvalue weighted by Crippen LogP contribution is 2.18. The molecule has 0 saturated heterocycles. The Morgan fingerprint density at radius 1 is 0.862 bits per heavy atom. The standard InChI is InChI=1S/C23H22BrN3O2/c1-16(17-11-13-18(24)14-12-17)25-15-22(28)27-21-10-6-5-9-20(21)23(29)26-19-7-3-2-4-8-19/h2-14,16,25H,15H2,1H3,(H,26,29)(H,27,28). The molecule has 0 fully saturated rings. The molecule has 0 spiro atoms. The summed E-state index contributed by atoms with van der Waals surface area (Å²) in [5, 5.41) is 8.86. The molecule has 3 N–H and O–H groups in total. The molecule has 6 heteroatoms. The summed E-state index contributed by atoms with van der Waals surface area (Å²) < 4.78 is 1.01. The summed E-state index contributed by atoms with van der Waals surface area (Å²) >= 11 is 3.42. The quantitative estimate of drug-likeness (QED) is 0.473. The van der Waals surface area contributed by atoms with Crippen LogP contribution in [0.2, 0.25) is 0 Å². The normalized spacial score (nSPS) is 11.5. The minimum absolute atomic E-state index is 0.0190. The van der Waals surface area contributed by atoms with E-state index in [2.05, 4.69) is 31.9 Å². The van der Waals surface area contributed by atoms with Crippen LogP contribution < -0.4 is 16.0 Å². The summed E-state index contributed by atoms with van der Waals surface area (Å²) in [7, 11) is 0. The Balaban J connectivity index is 1.60. The van der Waals surface area contributed by atoms with Gasteiger partial charge in [-0.2, -0.15) is 0 Å². The highest BCUT2D eigenvalue weighted by atomic mass is 79.9. The highest BCUT2D eigenvalue weighted by molar-refractivity contribution is 9.10. The molecule has 0 aliphatic rings. The smallest absolute Gasteiger partial charge is 0.257 e. The average molecular weight is 452 g/mol. The molecule has 29 heavy (non-hydrogen) atoms. The summed E-state index contributed by atoms with van der Waals surface area (Å²) in [4.78, 5) is 25.0. The lowest BCUT2D eigenvalue weighted by Crippen LogP contribution is -2.30. The topological polar surface area (TPSA) is 70.2 Å². The van der Waals surface area contributed by atoms with E-state index in [1.807, 2.05) is 61.5 Å². The van der Waals surface area contributed by atoms with Crippen molar-refractivity contribution < 1.29 is 9.59 Å². The maximum absolute atomic E-state index is 12.6. The van der Waals surface area contributed by atoms with Crippen molar-refractivity contribution in [2.45, 2.75) is 13.0 Å². The fourth-order valence-electron chi connectivity index (χ4n) is 2.82. The molecule has 0 heterocycles. The van der Waals surface area contributed by atoms with Crippen LogP contribution in [0, 0.1) is 0 Å². The van der Waals surface area contributed by atoms with Crippen molar-refractivity contribution in [2.75, 3.05) is 17.2 Å². The number of carbonyl (C=O) groups excluding carboxylic acids is 2. The summed E-state index contributed by atoms with van der Waals surface area (Å²) in [6.07, 6.45) is 0. The van der Waals surface area contributed by atoms with Crippen molar-refractivity contribution in [3.63, 3.8) is 0 Å². The molecular formula is C23H22BrN3O2. The maximum atomic E-state index is 12.6. The van der Waals surface area contributed by atoms with E-state index < -0.39 is 0 Å². The van der Waals surface area contributed by atoms with E-state index in [0.717, 1.165) is 10.0 Å². The van der Waals surface area contributed by atoms with Crippen LogP contribution in [0.5, 0.6) is 0 Å². The van der Waals surface area contributed by atoms with E-state index in [9.17, 15) is 9.59 Å². The number of hydrogen-bond acceptors (Lipinski definition) is 3. The Bertz CT molecular complexity index is 975. The van der Waals surface area contributed by atoms with Crippen molar-refractivity contribution in [1.29, 1.82) is 0 Å². The van der Waals surface area contributed by atoms with Crippen LogP contribution in [0.25, 0.3) is 0 Å². The molecule has 0 radical (unpaired) electrons. The van der Waals surface area contributed by atoms with Gasteiger partial charge >= 0.3 is 0 Å². The van der Waals surface area contributed by atoms with Crippen LogP contribution >= 0.6 is 15.9 Å². The third-order valence-electron chi connectivity index (χ3n) is 4.42. The minimum atomic E-state index is -0.275. The first-order valence-electron chi connectivity index (χ1n) is 9.27. The van der Waals surface area contributed by atoms with E-state index in [4.69, 9.17) is 0 Å². The zero-order valence-electron chi connectivity index (χ0n) is 16.0. The van der Waals surface area contributed by atoms with Crippen LogP contribution in [0.4, 0.5) is 11.4 Å². The van der Waals surface area contributed by atoms with Crippen LogP contribution in [-0.4, -0.2) is 18.4 Å². The molecule has 3 rings (SSSR count). The van der Waals surface area contributed by atoms with Crippen LogP contribution in [0.15, 0.2) is 83.3 Å². The minimum Gasteiger partial charge on any atom is -0.324 e. The molecule has 3 aromatic carbocycles. The second-order valence-electron chi connectivity index (χ2n) is 6.57. The van der Waals surface area contributed by atoms with Gasteiger partial charge in [-0.15, -0.1) is 0 Å². The monoisotopic (exact) mass is 451 g/mol. The van der Waals surface area contributed by atoms with Gasteiger partial charge in [0.1, 0.15) is 0 Å². The fourth-order valence-corrected chi connectivity index (χ4v) is 3.08. The number of rotatable bonds is 7. The van der Waals surface area contributed by atoms with Crippen LogP contribution in [0.1, 0.15) is 28.9 Å². The SMILES string of the molecule is CC(NCC(=O)Nc1ccccc1C(=O)Nc1ccccc1)c1ccc(Br)cc1. The summed E-state index contributed by atoms with van der Waals surface area (Å²) in [5.41, 5.74) is 2.67. The van der Waals surface area contributed by atoms with E-state index in [0.29, 0.717) is 16.9 Å². The first-order chi connectivity index (χ1) is 14.0. The second-order valence-corrected chi connectivity index (χ2v) is 7.48. The number of para-hydroxylation sites is 2. The molecule has 1 atom stereocenters. The average Bonchev–Trinajstić information content (AvgIpc) is 2.73. The Kier molecular flexibility index (Phi) is 7.16. The third-order valence-corrected chi connectivity index (χ3v) is 4.94. The molecule has 0 saturated carbocycles. The predicted octanol–water partition coefficient (Wildman–Crippen LogP) is 4.99. The zero-order valence-corrected chi connectivity index (χ0v) is 17.6. The molecule has 2 amide bonds. The first-order valence-corrected chi connectivity index (χ1v) is 10.1. The molecule has 0 aliphatic heterocycles. The first kappa shape index (κ1) is 20.8. The van der Waals surface area contributed by atoms with Gasteiger partial charge < -0.3 is 16.0 Å². The molecule has 0 aromatic heterocycles. The van der Waals surface area contributed by atoms with Gasteiger partial charge in [0, 0.05) is 16.2 Å². The Labute approximate surface area is 178 Å². The Morgan fingerprint density at radius 3 is 2.24 bits per heavy atom. The van der Waals surface area contributed by atoms with Gasteiger partial charge in [-0.3, -0.25) is 9.59 Å². The number of anilines is 2. The van der Waals surface area contributed by atoms with E-state index in [1.54, 1.807) is 24.3 Å². The number of carbonyl (C=O) groups is 2. The van der Waals surface area contributed by atoms with Gasteiger partial charge in [-0.1, -0.05) is 58.4 Å². The fraction of sp³-hybridized carbons (Fsp3) is 0.130. The number of nitrogens with one attached hydrogen (secondary N) is 3. The number of benzene rings is 3. The molecule has 1 unspecified atom stereocenters. The highest BCUT2D eigenvalue weighted by Gasteiger charge is 2.14. The number of amides is 2. The lowest BCUT2D eigenvalue weighted by molar-refractivity contribution is -0.115. The molecular weight excluding hydrogens is 430 g/mol. The number of halogens is 1. The van der Waals surface area contributed by atoms with E-state index in [1.165, 1.54) is 0 Å². The zero-order chi connectivity index (χ0) is 20.6. The maximum Gasteiger partial charge on any atom is 0.257 e. The summed E-state index contributed by atoms with van der Waals surface area (Å²) in [5.74, 6) is -0.489. The van der Waals surface area contributed by atoms with Crippen LogP contribution in [0.3, 0.4) is 0 Å². The van der Waals surface area contributed by atoms with Crippen molar-refractivity contribution >= 4 is 39.1 Å². The predicted molar refractivity (Wildman–Crippen MR) is 120 cm³/mol. The van der Waals surface area contributed by atoms with E-state index in [-0.39, 0.29) is 24.4 Å². The third kappa shape index (κ3) is 6.01. The summed E-state index contributed by atoms with van der Waals surface area (Å²) in [6, 6.07) is 24.1. The van der Waals surface area contributed by atoms with Crippen molar-refractivity contribution in [2.24, 2.45) is 0 Å². The molecule has 3 aromatic rings. The largest absolute Gasteiger partial charge is 0.324 e. The molecule has 148 valence electrons. The van der Waals surface area contributed by atoms with Gasteiger partial charge in [0.2, 0.25) is 5.91 Å². The van der Waals surface area contributed by atoms with Crippen LogP contribution in [-0.2, 0) is 4.79 Å². The molecule has 5 nitrogen and oxygen atoms in total. The second kappa shape index (κ2) is 10.0. The number of hydrogen-bond donors (Lipinski definition) is 3. The van der Waals surface area contributed by atoms with Gasteiger partial charge in [0.15, 0.2) is 0 Å². The molecule has 0 aliphatic carbocycles. The lowest BCUT2D eigenvalue weighted by Gasteiger charge is -2.15. The Morgan fingerprint density at radius 2 is 1.52 bits per heavy atom. The van der Waals surface area contributed by atoms with Gasteiger partial charge in [-0.25, -0.2) is 0 Å². The van der Waals surface area contributed by atoms with Gasteiger partial charge in [0.05, 0.1) is 17.8 Å². The van der Waals surface area contributed by atoms with Crippen molar-refractivity contribution in [1.82, 2.24) is 5.32 Å².